The number of hydrogen-bond donors (Lipinski definition) is 0. The molecule has 0 spiro atoms. The molecule has 1 fully saturated rings. The summed E-state index contributed by atoms with van der Waals surface area (Å²) in [6.07, 6.45) is 2.19. The van der Waals surface area contributed by atoms with Crippen molar-refractivity contribution in [2.75, 3.05) is 0 Å². The number of carbonyl (C=O) groups excluding carboxylic acids is 2. The average molecular weight is 235 g/mol. The highest BCUT2D eigenvalue weighted by Gasteiger charge is 2.35. The standard InChI is InChI=1S/C12H17N3O2/c1-8(2)15-5-4-10(13-15)7-14-11(16)6-9(3)12(14)17/h4-5,8-9H,6-7H2,1-3H3. The van der Waals surface area contributed by atoms with E-state index in [1.165, 1.54) is 4.90 Å². The molecule has 2 heterocycles. The summed E-state index contributed by atoms with van der Waals surface area (Å²) in [7, 11) is 0. The van der Waals surface area contributed by atoms with Crippen molar-refractivity contribution in [1.29, 1.82) is 0 Å². The highest BCUT2D eigenvalue weighted by Crippen LogP contribution is 2.20. The molecule has 2 rings (SSSR count). The van der Waals surface area contributed by atoms with Crippen molar-refractivity contribution in [3.63, 3.8) is 0 Å². The summed E-state index contributed by atoms with van der Waals surface area (Å²) in [4.78, 5) is 24.6. The SMILES string of the molecule is CC1CC(=O)N(Cc2ccn(C(C)C)n2)C1=O. The van der Waals surface area contributed by atoms with Gasteiger partial charge in [0.2, 0.25) is 11.8 Å². The number of imide groups is 1. The van der Waals surface area contributed by atoms with Crippen molar-refractivity contribution in [2.24, 2.45) is 5.92 Å². The lowest BCUT2D eigenvalue weighted by Crippen LogP contribution is -2.29. The summed E-state index contributed by atoms with van der Waals surface area (Å²) in [6.45, 7) is 6.14. The van der Waals surface area contributed by atoms with Gasteiger partial charge in [-0.15, -0.1) is 0 Å². The fourth-order valence-corrected chi connectivity index (χ4v) is 1.93. The first-order valence-corrected chi connectivity index (χ1v) is 5.87. The van der Waals surface area contributed by atoms with Gasteiger partial charge < -0.3 is 0 Å². The lowest BCUT2D eigenvalue weighted by Gasteiger charge is -2.12. The topological polar surface area (TPSA) is 55.2 Å². The Morgan fingerprint density at radius 2 is 2.18 bits per heavy atom. The number of hydrogen-bond acceptors (Lipinski definition) is 3. The monoisotopic (exact) mass is 235 g/mol. The number of carbonyl (C=O) groups is 2. The fourth-order valence-electron chi connectivity index (χ4n) is 1.93. The van der Waals surface area contributed by atoms with E-state index >= 15 is 0 Å². The van der Waals surface area contributed by atoms with E-state index in [0.717, 1.165) is 5.69 Å². The fraction of sp³-hybridized carbons (Fsp3) is 0.583. The summed E-state index contributed by atoms with van der Waals surface area (Å²) < 4.78 is 1.82. The van der Waals surface area contributed by atoms with Gasteiger partial charge in [0.05, 0.1) is 12.2 Å². The third-order valence-corrected chi connectivity index (χ3v) is 2.98. The maximum Gasteiger partial charge on any atom is 0.232 e. The second-order valence-electron chi connectivity index (χ2n) is 4.80. The Labute approximate surface area is 100 Å². The molecule has 1 aliphatic heterocycles. The first-order chi connectivity index (χ1) is 7.99. The maximum atomic E-state index is 11.7. The molecule has 0 saturated carbocycles. The Bertz CT molecular complexity index is 450. The van der Waals surface area contributed by atoms with Crippen molar-refractivity contribution in [3.05, 3.63) is 18.0 Å². The van der Waals surface area contributed by atoms with Crippen LogP contribution in [0, 0.1) is 5.92 Å². The van der Waals surface area contributed by atoms with E-state index in [0.29, 0.717) is 13.0 Å². The van der Waals surface area contributed by atoms with Crippen molar-refractivity contribution in [3.8, 4) is 0 Å². The number of likely N-dealkylation sites (tertiary alicyclic amines) is 1. The van der Waals surface area contributed by atoms with Crippen LogP contribution in [0.15, 0.2) is 12.3 Å². The van der Waals surface area contributed by atoms with Crippen molar-refractivity contribution >= 4 is 11.8 Å². The van der Waals surface area contributed by atoms with Crippen LogP contribution in [-0.2, 0) is 16.1 Å². The van der Waals surface area contributed by atoms with Crippen molar-refractivity contribution < 1.29 is 9.59 Å². The van der Waals surface area contributed by atoms with Crippen molar-refractivity contribution in [2.45, 2.75) is 39.8 Å². The van der Waals surface area contributed by atoms with Crippen LogP contribution >= 0.6 is 0 Å². The van der Waals surface area contributed by atoms with Gasteiger partial charge in [0.15, 0.2) is 0 Å². The zero-order chi connectivity index (χ0) is 12.6. The molecule has 0 bridgehead atoms. The minimum Gasteiger partial charge on any atom is -0.276 e. The number of nitrogens with zero attached hydrogens (tertiary/aromatic N) is 3. The first-order valence-electron chi connectivity index (χ1n) is 5.87. The zero-order valence-corrected chi connectivity index (χ0v) is 10.4. The Balaban J connectivity index is 2.10. The average Bonchev–Trinajstić information content (AvgIpc) is 2.80. The van der Waals surface area contributed by atoms with E-state index in [-0.39, 0.29) is 23.8 Å². The molecule has 5 nitrogen and oxygen atoms in total. The smallest absolute Gasteiger partial charge is 0.232 e. The lowest BCUT2D eigenvalue weighted by atomic mass is 10.1. The molecule has 2 amide bonds. The molecule has 1 aliphatic rings. The van der Waals surface area contributed by atoms with Crippen LogP contribution in [-0.4, -0.2) is 26.5 Å². The van der Waals surface area contributed by atoms with Gasteiger partial charge in [0.25, 0.3) is 0 Å². The molecule has 0 aliphatic carbocycles. The third-order valence-electron chi connectivity index (χ3n) is 2.98. The van der Waals surface area contributed by atoms with Crippen molar-refractivity contribution in [1.82, 2.24) is 14.7 Å². The Morgan fingerprint density at radius 3 is 2.65 bits per heavy atom. The maximum absolute atomic E-state index is 11.7. The van der Waals surface area contributed by atoms with Gasteiger partial charge in [0, 0.05) is 24.6 Å². The van der Waals surface area contributed by atoms with Crippen LogP contribution in [0.2, 0.25) is 0 Å². The largest absolute Gasteiger partial charge is 0.276 e. The third kappa shape index (κ3) is 2.23. The molecular formula is C12H17N3O2. The molecule has 1 atom stereocenters. The summed E-state index contributed by atoms with van der Waals surface area (Å²) in [5, 5.41) is 4.34. The van der Waals surface area contributed by atoms with Crippen LogP contribution in [0.25, 0.3) is 0 Å². The van der Waals surface area contributed by atoms with E-state index < -0.39 is 0 Å². The van der Waals surface area contributed by atoms with Crippen LogP contribution in [0.1, 0.15) is 38.9 Å². The Hall–Kier alpha value is -1.65. The molecular weight excluding hydrogens is 218 g/mol. The molecule has 1 unspecified atom stereocenters. The number of aromatic nitrogens is 2. The molecule has 1 saturated heterocycles. The number of amides is 2. The Kier molecular flexibility index (Phi) is 3.00. The summed E-state index contributed by atoms with van der Waals surface area (Å²) in [5.41, 5.74) is 0.759. The Morgan fingerprint density at radius 1 is 1.47 bits per heavy atom. The normalized spacial score (nSPS) is 20.7. The van der Waals surface area contributed by atoms with Crippen LogP contribution < -0.4 is 0 Å². The summed E-state index contributed by atoms with van der Waals surface area (Å²) in [5.74, 6) is -0.370. The number of rotatable bonds is 3. The van der Waals surface area contributed by atoms with Gasteiger partial charge in [-0.3, -0.25) is 19.2 Å². The molecule has 5 heteroatoms. The minimum atomic E-state index is -0.185. The molecule has 0 N–H and O–H groups in total. The van der Waals surface area contributed by atoms with E-state index in [2.05, 4.69) is 5.10 Å². The van der Waals surface area contributed by atoms with Gasteiger partial charge in [-0.1, -0.05) is 6.92 Å². The first kappa shape index (κ1) is 11.8. The molecule has 17 heavy (non-hydrogen) atoms. The van der Waals surface area contributed by atoms with Gasteiger partial charge in [-0.2, -0.15) is 5.10 Å². The van der Waals surface area contributed by atoms with Crippen LogP contribution in [0.3, 0.4) is 0 Å². The van der Waals surface area contributed by atoms with E-state index in [4.69, 9.17) is 0 Å². The van der Waals surface area contributed by atoms with E-state index in [9.17, 15) is 9.59 Å². The van der Waals surface area contributed by atoms with Crippen LogP contribution in [0.4, 0.5) is 0 Å². The molecule has 92 valence electrons. The highest BCUT2D eigenvalue weighted by atomic mass is 16.2. The van der Waals surface area contributed by atoms with E-state index in [1.54, 1.807) is 6.92 Å². The second-order valence-corrected chi connectivity index (χ2v) is 4.80. The van der Waals surface area contributed by atoms with Gasteiger partial charge in [0.1, 0.15) is 0 Å². The predicted octanol–water partition coefficient (Wildman–Crippen LogP) is 1.36. The predicted molar refractivity (Wildman–Crippen MR) is 62.0 cm³/mol. The molecule has 1 aromatic heterocycles. The molecule has 0 aromatic carbocycles. The molecule has 1 aromatic rings. The highest BCUT2D eigenvalue weighted by molar-refractivity contribution is 6.03. The molecule has 0 radical (unpaired) electrons. The summed E-state index contributed by atoms with van der Waals surface area (Å²) >= 11 is 0. The lowest BCUT2D eigenvalue weighted by molar-refractivity contribution is -0.140. The second kappa shape index (κ2) is 4.31. The van der Waals surface area contributed by atoms with Gasteiger partial charge in [-0.25, -0.2) is 0 Å². The van der Waals surface area contributed by atoms with E-state index in [1.807, 2.05) is 30.8 Å². The van der Waals surface area contributed by atoms with Gasteiger partial charge >= 0.3 is 0 Å². The zero-order valence-electron chi connectivity index (χ0n) is 10.4. The minimum absolute atomic E-state index is 0.0888. The van der Waals surface area contributed by atoms with Crippen LogP contribution in [0.5, 0.6) is 0 Å². The summed E-state index contributed by atoms with van der Waals surface area (Å²) in [6, 6.07) is 2.14. The quantitative estimate of drug-likeness (QED) is 0.743. The van der Waals surface area contributed by atoms with Gasteiger partial charge in [-0.05, 0) is 19.9 Å².